The maximum atomic E-state index is 12.9. The molecule has 0 radical (unpaired) electrons. The van der Waals surface area contributed by atoms with Gasteiger partial charge in [0.25, 0.3) is 0 Å². The topological polar surface area (TPSA) is 97.6 Å². The van der Waals surface area contributed by atoms with Crippen molar-refractivity contribution in [1.82, 2.24) is 14.9 Å². The number of hydrogen-bond donors (Lipinski definition) is 3. The Hall–Kier alpha value is -2.49. The number of urea groups is 1. The smallest absolute Gasteiger partial charge is 0.319 e. The Kier molecular flexibility index (Phi) is 4.12. The van der Waals surface area contributed by atoms with Crippen LogP contribution in [0.4, 0.5) is 14.9 Å². The Balaban J connectivity index is 1.47. The number of hydrogen-bond acceptors (Lipinski definition) is 5. The fourth-order valence-electron chi connectivity index (χ4n) is 3.19. The fourth-order valence-corrected chi connectivity index (χ4v) is 3.19. The van der Waals surface area contributed by atoms with E-state index >= 15 is 0 Å². The molecule has 8 nitrogen and oxygen atoms in total. The second kappa shape index (κ2) is 6.43. The van der Waals surface area contributed by atoms with Gasteiger partial charge in [-0.15, -0.1) is 0 Å². The third kappa shape index (κ3) is 3.09. The van der Waals surface area contributed by atoms with Crippen molar-refractivity contribution in [3.63, 3.8) is 0 Å². The summed E-state index contributed by atoms with van der Waals surface area (Å²) < 4.78 is 26.0. The average molecular weight is 348 g/mol. The number of imidazole rings is 1. The maximum absolute atomic E-state index is 12.9. The van der Waals surface area contributed by atoms with Crippen LogP contribution in [0.3, 0.4) is 0 Å². The molecule has 1 aromatic heterocycles. The van der Waals surface area contributed by atoms with Crippen LogP contribution in [0.2, 0.25) is 0 Å². The molecule has 2 aliphatic heterocycles. The lowest BCUT2D eigenvalue weighted by atomic mass is 9.96. The molecule has 1 aromatic carbocycles. The lowest BCUT2D eigenvalue weighted by molar-refractivity contribution is -0.163. The Bertz CT molecular complexity index is 739. The van der Waals surface area contributed by atoms with Crippen LogP contribution in [0.15, 0.2) is 43.0 Å². The molecule has 0 spiro atoms. The van der Waals surface area contributed by atoms with E-state index in [4.69, 9.17) is 9.47 Å². The van der Waals surface area contributed by atoms with E-state index in [0.717, 1.165) is 0 Å². The van der Waals surface area contributed by atoms with Crippen LogP contribution in [0.1, 0.15) is 6.04 Å². The van der Waals surface area contributed by atoms with Gasteiger partial charge in [-0.1, -0.05) is 0 Å². The van der Waals surface area contributed by atoms with Crippen molar-refractivity contribution in [2.24, 2.45) is 0 Å². The minimum absolute atomic E-state index is 0.272. The fraction of sp³-hybridized carbons (Fsp3) is 0.375. The molecule has 2 amide bonds. The number of rotatable bonds is 3. The first-order valence-electron chi connectivity index (χ1n) is 7.87. The number of benzene rings is 1. The number of nitrogens with zero attached hydrogens (tertiary/aromatic N) is 2. The van der Waals surface area contributed by atoms with E-state index in [2.05, 4.69) is 15.6 Å². The molecule has 0 aliphatic carbocycles. The summed E-state index contributed by atoms with van der Waals surface area (Å²) in [5.74, 6) is -0.389. The molecule has 2 fully saturated rings. The largest absolute Gasteiger partial charge is 0.388 e. The number of carbonyl (C=O) groups excluding carboxylic acids is 1. The summed E-state index contributed by atoms with van der Waals surface area (Å²) >= 11 is 0. The molecule has 3 heterocycles. The number of aliphatic hydroxyl groups excluding tert-OH is 1. The number of anilines is 1. The van der Waals surface area contributed by atoms with Gasteiger partial charge < -0.3 is 29.8 Å². The molecule has 2 aliphatic rings. The van der Waals surface area contributed by atoms with Gasteiger partial charge >= 0.3 is 6.03 Å². The number of aromatic nitrogens is 2. The predicted octanol–water partition coefficient (Wildman–Crippen LogP) is 0.870. The monoisotopic (exact) mass is 348 g/mol. The molecule has 132 valence electrons. The third-order valence-electron chi connectivity index (χ3n) is 4.40. The molecule has 9 heteroatoms. The minimum atomic E-state index is -0.917. The van der Waals surface area contributed by atoms with Gasteiger partial charge in [0.1, 0.15) is 24.1 Å². The highest BCUT2D eigenvalue weighted by atomic mass is 19.1. The second-order valence-electron chi connectivity index (χ2n) is 6.00. The minimum Gasteiger partial charge on any atom is -0.388 e. The van der Waals surface area contributed by atoms with Crippen molar-refractivity contribution >= 4 is 11.7 Å². The Morgan fingerprint density at radius 3 is 2.88 bits per heavy atom. The van der Waals surface area contributed by atoms with Crippen LogP contribution < -0.4 is 10.6 Å². The SMILES string of the molecule is O=C(Nc1ccc(F)cc1)NC1C2COC(O2)C(n2ccnc2)C1O. The first-order chi connectivity index (χ1) is 12.1. The van der Waals surface area contributed by atoms with E-state index in [1.54, 1.807) is 23.3 Å². The lowest BCUT2D eigenvalue weighted by Gasteiger charge is -2.38. The van der Waals surface area contributed by atoms with E-state index in [1.807, 2.05) is 0 Å². The zero-order valence-corrected chi connectivity index (χ0v) is 13.1. The highest BCUT2D eigenvalue weighted by molar-refractivity contribution is 5.89. The first kappa shape index (κ1) is 16.0. The molecule has 2 aromatic rings. The van der Waals surface area contributed by atoms with Crippen LogP contribution in [0, 0.1) is 5.82 Å². The van der Waals surface area contributed by atoms with Gasteiger partial charge in [0, 0.05) is 18.1 Å². The van der Waals surface area contributed by atoms with Crippen molar-refractivity contribution in [3.8, 4) is 0 Å². The van der Waals surface area contributed by atoms with E-state index < -0.39 is 36.6 Å². The first-order valence-corrected chi connectivity index (χ1v) is 7.87. The van der Waals surface area contributed by atoms with Crippen LogP contribution in [-0.4, -0.2) is 51.8 Å². The number of ether oxygens (including phenoxy) is 2. The van der Waals surface area contributed by atoms with Crippen molar-refractivity contribution in [1.29, 1.82) is 0 Å². The number of aliphatic hydroxyl groups is 1. The molecule has 3 N–H and O–H groups in total. The van der Waals surface area contributed by atoms with E-state index in [1.165, 1.54) is 24.3 Å². The van der Waals surface area contributed by atoms with Crippen LogP contribution in [0.25, 0.3) is 0 Å². The number of halogens is 1. The zero-order chi connectivity index (χ0) is 17.4. The highest BCUT2D eigenvalue weighted by Crippen LogP contribution is 2.35. The normalized spacial score (nSPS) is 30.9. The average Bonchev–Trinajstić information content (AvgIpc) is 3.25. The van der Waals surface area contributed by atoms with Gasteiger partial charge in [0.15, 0.2) is 6.29 Å². The van der Waals surface area contributed by atoms with Gasteiger partial charge in [-0.25, -0.2) is 14.2 Å². The van der Waals surface area contributed by atoms with Crippen LogP contribution >= 0.6 is 0 Å². The molecule has 0 saturated carbocycles. The van der Waals surface area contributed by atoms with Crippen LogP contribution in [0.5, 0.6) is 0 Å². The molecular formula is C16H17FN4O4. The standard InChI is InChI=1S/C16H17FN4O4/c17-9-1-3-10(4-2-9)19-16(23)20-12-11-7-24-15(25-11)13(14(12)22)21-6-5-18-8-21/h1-6,8,11-15,22H,7H2,(H2,19,20,23). The Morgan fingerprint density at radius 1 is 1.36 bits per heavy atom. The number of amides is 2. The summed E-state index contributed by atoms with van der Waals surface area (Å²) in [5.41, 5.74) is 0.442. The Morgan fingerprint density at radius 2 is 2.16 bits per heavy atom. The van der Waals surface area contributed by atoms with Crippen molar-refractivity contribution in [2.75, 3.05) is 11.9 Å². The zero-order valence-electron chi connectivity index (χ0n) is 13.1. The summed E-state index contributed by atoms with van der Waals surface area (Å²) in [7, 11) is 0. The lowest BCUT2D eigenvalue weighted by Crippen LogP contribution is -2.59. The number of carbonyl (C=O) groups is 1. The van der Waals surface area contributed by atoms with E-state index in [9.17, 15) is 14.3 Å². The molecule has 4 rings (SSSR count). The summed E-state index contributed by atoms with van der Waals surface area (Å²) in [6.45, 7) is 0.272. The second-order valence-corrected chi connectivity index (χ2v) is 6.00. The highest BCUT2D eigenvalue weighted by Gasteiger charge is 2.51. The summed E-state index contributed by atoms with van der Waals surface area (Å²) in [6, 6.07) is 3.70. The number of nitrogens with one attached hydrogen (secondary N) is 2. The summed E-state index contributed by atoms with van der Waals surface area (Å²) in [4.78, 5) is 16.2. The molecular weight excluding hydrogens is 331 g/mol. The Labute approximate surface area is 142 Å². The maximum Gasteiger partial charge on any atom is 0.319 e. The predicted molar refractivity (Wildman–Crippen MR) is 84.2 cm³/mol. The van der Waals surface area contributed by atoms with Gasteiger partial charge in [-0.3, -0.25) is 0 Å². The van der Waals surface area contributed by atoms with E-state index in [-0.39, 0.29) is 12.4 Å². The summed E-state index contributed by atoms with van der Waals surface area (Å²) in [5, 5.41) is 16.1. The number of fused-ring (bicyclic) bond motifs is 2. The van der Waals surface area contributed by atoms with Gasteiger partial charge in [0.05, 0.1) is 19.0 Å². The van der Waals surface area contributed by atoms with Gasteiger partial charge in [-0.2, -0.15) is 0 Å². The third-order valence-corrected chi connectivity index (χ3v) is 4.40. The van der Waals surface area contributed by atoms with Crippen LogP contribution in [-0.2, 0) is 9.47 Å². The summed E-state index contributed by atoms with van der Waals surface area (Å²) in [6.07, 6.45) is 2.91. The van der Waals surface area contributed by atoms with Crippen molar-refractivity contribution < 1.29 is 23.8 Å². The van der Waals surface area contributed by atoms with Crippen molar-refractivity contribution in [2.45, 2.75) is 30.6 Å². The van der Waals surface area contributed by atoms with Crippen molar-refractivity contribution in [3.05, 3.63) is 48.8 Å². The molecule has 25 heavy (non-hydrogen) atoms. The molecule has 2 bridgehead atoms. The van der Waals surface area contributed by atoms with E-state index in [0.29, 0.717) is 5.69 Å². The molecule has 2 saturated heterocycles. The molecule has 5 unspecified atom stereocenters. The van der Waals surface area contributed by atoms with Gasteiger partial charge in [0.2, 0.25) is 0 Å². The molecule has 5 atom stereocenters. The quantitative estimate of drug-likeness (QED) is 0.765. The van der Waals surface area contributed by atoms with Gasteiger partial charge in [-0.05, 0) is 24.3 Å².